The van der Waals surface area contributed by atoms with E-state index in [-0.39, 0.29) is 5.41 Å². The average molecular weight is 397 g/mol. The molecule has 4 aromatic rings. The van der Waals surface area contributed by atoms with Crippen LogP contribution in [0.15, 0.2) is 88.4 Å². The van der Waals surface area contributed by atoms with Crippen LogP contribution in [0.3, 0.4) is 0 Å². The zero-order valence-electron chi connectivity index (χ0n) is 18.1. The van der Waals surface area contributed by atoms with Gasteiger partial charge in [0.1, 0.15) is 11.3 Å². The molecule has 0 bridgehead atoms. The Morgan fingerprint density at radius 3 is 2.27 bits per heavy atom. The minimum Gasteiger partial charge on any atom is -0.456 e. The lowest BCUT2D eigenvalue weighted by molar-refractivity contribution is 0.589. The lowest BCUT2D eigenvalue weighted by Crippen LogP contribution is -2.10. The normalized spacial score (nSPS) is 12.3. The Kier molecular flexibility index (Phi) is 5.45. The molecule has 0 radical (unpaired) electrons. The lowest BCUT2D eigenvalue weighted by atomic mass is 9.86. The molecule has 0 unspecified atom stereocenters. The summed E-state index contributed by atoms with van der Waals surface area (Å²) in [7, 11) is 0. The molecule has 0 saturated heterocycles. The van der Waals surface area contributed by atoms with Gasteiger partial charge in [0.05, 0.1) is 11.0 Å². The predicted octanol–water partition coefficient (Wildman–Crippen LogP) is 6.89. The highest BCUT2D eigenvalue weighted by Crippen LogP contribution is 2.27. The first-order valence-corrected chi connectivity index (χ1v) is 10.5. The highest BCUT2D eigenvalue weighted by molar-refractivity contribution is 5.79. The van der Waals surface area contributed by atoms with Crippen molar-refractivity contribution in [2.75, 3.05) is 5.43 Å². The Bertz CT molecular complexity index is 1210. The molecule has 3 aromatic carbocycles. The molecular weight excluding hydrogens is 368 g/mol. The van der Waals surface area contributed by atoms with Crippen molar-refractivity contribution in [2.24, 2.45) is 5.10 Å². The van der Waals surface area contributed by atoms with Gasteiger partial charge < -0.3 is 4.42 Å². The topological polar surface area (TPSA) is 37.5 Å². The van der Waals surface area contributed by atoms with Crippen molar-refractivity contribution in [2.45, 2.75) is 39.5 Å². The summed E-state index contributed by atoms with van der Waals surface area (Å²) >= 11 is 0. The zero-order chi connectivity index (χ0) is 21.1. The second kappa shape index (κ2) is 8.19. The van der Waals surface area contributed by atoms with Crippen molar-refractivity contribution in [3.63, 3.8) is 0 Å². The number of fused-ring (bicyclic) bond motifs is 1. The number of hydrogen-bond acceptors (Lipinski definition) is 3. The Morgan fingerprint density at radius 1 is 0.867 bits per heavy atom. The maximum absolute atomic E-state index is 6.28. The maximum Gasteiger partial charge on any atom is 0.136 e. The number of hydrogen-bond donors (Lipinski definition) is 1. The van der Waals surface area contributed by atoms with Crippen LogP contribution >= 0.6 is 0 Å². The molecule has 1 aromatic heterocycles. The van der Waals surface area contributed by atoms with Crippen LogP contribution in [-0.2, 0) is 11.8 Å². The summed E-state index contributed by atoms with van der Waals surface area (Å²) in [5.41, 5.74) is 8.69. The van der Waals surface area contributed by atoms with Crippen molar-refractivity contribution in [3.8, 4) is 11.3 Å². The molecule has 0 aliphatic heterocycles. The van der Waals surface area contributed by atoms with E-state index in [1.165, 1.54) is 11.1 Å². The van der Waals surface area contributed by atoms with E-state index in [0.29, 0.717) is 0 Å². The monoisotopic (exact) mass is 396 g/mol. The Balaban J connectivity index is 1.83. The highest BCUT2D eigenvalue weighted by Gasteiger charge is 2.14. The largest absolute Gasteiger partial charge is 0.456 e. The summed E-state index contributed by atoms with van der Waals surface area (Å²) in [5, 5.41) is 6.59. The first-order chi connectivity index (χ1) is 14.4. The third-order valence-electron chi connectivity index (χ3n) is 5.33. The Morgan fingerprint density at radius 2 is 1.60 bits per heavy atom. The van der Waals surface area contributed by atoms with E-state index in [2.05, 4.69) is 69.5 Å². The van der Waals surface area contributed by atoms with Gasteiger partial charge in [-0.25, -0.2) is 0 Å². The summed E-state index contributed by atoms with van der Waals surface area (Å²) in [5.74, 6) is 0.806. The van der Waals surface area contributed by atoms with Crippen LogP contribution in [0.4, 0.5) is 5.69 Å². The lowest BCUT2D eigenvalue weighted by Gasteiger charge is -2.19. The standard InChI is InChI=1S/C27H28N2O/c1-5-19-11-16-25-23(17-19)24(29-28-22-9-7-6-8-10-22)18-26(30-25)20-12-14-21(15-13-20)27(2,3)4/h6-18,28H,5H2,1-4H3/b29-24+. The molecule has 0 fully saturated rings. The van der Waals surface area contributed by atoms with Crippen molar-refractivity contribution < 1.29 is 4.42 Å². The molecule has 3 nitrogen and oxygen atoms in total. The molecule has 4 rings (SSSR count). The van der Waals surface area contributed by atoms with Gasteiger partial charge in [-0.3, -0.25) is 5.43 Å². The van der Waals surface area contributed by atoms with Crippen LogP contribution < -0.4 is 10.8 Å². The third kappa shape index (κ3) is 4.30. The van der Waals surface area contributed by atoms with E-state index in [1.807, 2.05) is 42.5 Å². The minimum absolute atomic E-state index is 0.121. The van der Waals surface area contributed by atoms with E-state index in [0.717, 1.165) is 39.8 Å². The molecule has 0 spiro atoms. The van der Waals surface area contributed by atoms with Crippen molar-refractivity contribution >= 4 is 16.7 Å². The fraction of sp³-hybridized carbons (Fsp3) is 0.222. The second-order valence-corrected chi connectivity index (χ2v) is 8.60. The fourth-order valence-electron chi connectivity index (χ4n) is 3.44. The van der Waals surface area contributed by atoms with Crippen LogP contribution in [0.25, 0.3) is 22.3 Å². The second-order valence-electron chi connectivity index (χ2n) is 8.60. The van der Waals surface area contributed by atoms with E-state index < -0.39 is 0 Å². The van der Waals surface area contributed by atoms with E-state index >= 15 is 0 Å². The quantitative estimate of drug-likeness (QED) is 0.381. The molecule has 1 N–H and O–H groups in total. The summed E-state index contributed by atoms with van der Waals surface area (Å²) in [6.07, 6.45) is 0.970. The number of anilines is 1. The molecule has 30 heavy (non-hydrogen) atoms. The van der Waals surface area contributed by atoms with Crippen LogP contribution in [0, 0.1) is 0 Å². The molecule has 3 heteroatoms. The number of rotatable bonds is 4. The van der Waals surface area contributed by atoms with Gasteiger partial charge >= 0.3 is 0 Å². The van der Waals surface area contributed by atoms with Gasteiger partial charge in [0.25, 0.3) is 0 Å². The Labute approximate surface area is 178 Å². The molecule has 152 valence electrons. The predicted molar refractivity (Wildman–Crippen MR) is 125 cm³/mol. The Hall–Kier alpha value is -3.33. The number of benzene rings is 3. The fourth-order valence-corrected chi connectivity index (χ4v) is 3.44. The van der Waals surface area contributed by atoms with Gasteiger partial charge in [0.15, 0.2) is 0 Å². The molecule has 0 aliphatic rings. The maximum atomic E-state index is 6.28. The smallest absolute Gasteiger partial charge is 0.136 e. The van der Waals surface area contributed by atoms with Gasteiger partial charge in [0, 0.05) is 17.0 Å². The first kappa shape index (κ1) is 20.0. The van der Waals surface area contributed by atoms with Crippen LogP contribution in [0.1, 0.15) is 38.8 Å². The molecule has 0 amide bonds. The summed E-state index contributed by atoms with van der Waals surface area (Å²) < 4.78 is 6.28. The van der Waals surface area contributed by atoms with Crippen molar-refractivity contribution in [1.29, 1.82) is 0 Å². The van der Waals surface area contributed by atoms with E-state index in [9.17, 15) is 0 Å². The number of nitrogens with one attached hydrogen (secondary N) is 1. The van der Waals surface area contributed by atoms with Gasteiger partial charge in [-0.2, -0.15) is 5.10 Å². The average Bonchev–Trinajstić information content (AvgIpc) is 2.77. The van der Waals surface area contributed by atoms with Crippen molar-refractivity contribution in [1.82, 2.24) is 0 Å². The van der Waals surface area contributed by atoms with Crippen molar-refractivity contribution in [3.05, 3.63) is 95.3 Å². The molecule has 1 heterocycles. The molecule has 0 atom stereocenters. The molecular formula is C27H28N2O. The van der Waals surface area contributed by atoms with Gasteiger partial charge in [-0.15, -0.1) is 0 Å². The van der Waals surface area contributed by atoms with E-state index in [4.69, 9.17) is 9.52 Å². The minimum atomic E-state index is 0.121. The highest BCUT2D eigenvalue weighted by atomic mass is 16.3. The molecule has 0 saturated carbocycles. The molecule has 0 aliphatic carbocycles. The van der Waals surface area contributed by atoms with Crippen LogP contribution in [0.2, 0.25) is 0 Å². The number of aryl methyl sites for hydroxylation is 1. The summed E-state index contributed by atoms with van der Waals surface area (Å²) in [6.45, 7) is 8.82. The first-order valence-electron chi connectivity index (χ1n) is 10.5. The van der Waals surface area contributed by atoms with Gasteiger partial charge in [-0.05, 0) is 47.2 Å². The number of para-hydroxylation sites is 1. The van der Waals surface area contributed by atoms with Crippen LogP contribution in [0.5, 0.6) is 0 Å². The zero-order valence-corrected chi connectivity index (χ0v) is 18.1. The SMILES string of the molecule is CCc1ccc2oc(-c3ccc(C(C)(C)C)cc3)c/c(=N\Nc3ccccc3)c2c1. The summed E-state index contributed by atoms with van der Waals surface area (Å²) in [6, 6.07) is 26.9. The number of nitrogens with zero attached hydrogens (tertiary/aromatic N) is 1. The van der Waals surface area contributed by atoms with Gasteiger partial charge in [-0.1, -0.05) is 76.2 Å². The summed E-state index contributed by atoms with van der Waals surface area (Å²) in [4.78, 5) is 0. The van der Waals surface area contributed by atoms with Gasteiger partial charge in [0.2, 0.25) is 0 Å². The third-order valence-corrected chi connectivity index (χ3v) is 5.33. The van der Waals surface area contributed by atoms with Crippen LogP contribution in [-0.4, -0.2) is 0 Å². The van der Waals surface area contributed by atoms with E-state index in [1.54, 1.807) is 0 Å².